The number of oxazole rings is 1. The average Bonchev–Trinajstić information content (AvgIpc) is 3.35. The molecular weight excluding hydrogens is 408 g/mol. The van der Waals surface area contributed by atoms with Crippen molar-refractivity contribution in [2.45, 2.75) is 18.1 Å². The summed E-state index contributed by atoms with van der Waals surface area (Å²) in [6.07, 6.45) is 0.690. The average molecular weight is 429 g/mol. The number of fused-ring (bicyclic) bond motifs is 1. The number of aromatic nitrogens is 4. The van der Waals surface area contributed by atoms with Gasteiger partial charge in [0.15, 0.2) is 10.7 Å². The SMILES string of the molecule is O=c1oc2ccccc2n1CCSc1nnc(Cc2ccccc2)n1-c1ccccc1. The van der Waals surface area contributed by atoms with Crippen LogP contribution < -0.4 is 5.76 Å². The minimum absolute atomic E-state index is 0.337. The topological polar surface area (TPSA) is 65.8 Å². The van der Waals surface area contributed by atoms with Gasteiger partial charge in [-0.2, -0.15) is 0 Å². The third kappa shape index (κ3) is 4.04. The summed E-state index contributed by atoms with van der Waals surface area (Å²) in [5.74, 6) is 1.21. The fourth-order valence-corrected chi connectivity index (χ4v) is 4.47. The van der Waals surface area contributed by atoms with Crippen molar-refractivity contribution in [2.75, 3.05) is 5.75 Å². The van der Waals surface area contributed by atoms with Crippen LogP contribution in [0.15, 0.2) is 99.3 Å². The summed E-state index contributed by atoms with van der Waals surface area (Å²) in [4.78, 5) is 12.2. The molecule has 6 nitrogen and oxygen atoms in total. The maximum Gasteiger partial charge on any atom is 0.419 e. The summed E-state index contributed by atoms with van der Waals surface area (Å²) in [6.45, 7) is 0.524. The Bertz CT molecular complexity index is 1360. The van der Waals surface area contributed by atoms with Gasteiger partial charge in [-0.3, -0.25) is 9.13 Å². The van der Waals surface area contributed by atoms with E-state index in [2.05, 4.69) is 39.0 Å². The third-order valence-electron chi connectivity index (χ3n) is 5.04. The molecule has 0 fully saturated rings. The highest BCUT2D eigenvalue weighted by atomic mass is 32.2. The van der Waals surface area contributed by atoms with Gasteiger partial charge in [-0.15, -0.1) is 10.2 Å². The molecule has 5 aromatic rings. The Labute approximate surface area is 183 Å². The van der Waals surface area contributed by atoms with Gasteiger partial charge in [-0.05, 0) is 29.8 Å². The molecule has 0 amide bonds. The standard InChI is InChI=1S/C24H20N4O2S/c29-24-27(20-13-7-8-14-21(20)30-24)15-16-31-23-26-25-22(17-18-9-3-1-4-10-18)28(23)19-11-5-2-6-12-19/h1-14H,15-17H2. The number of hydrogen-bond donors (Lipinski definition) is 0. The molecule has 7 heteroatoms. The van der Waals surface area contributed by atoms with E-state index in [1.165, 1.54) is 5.56 Å². The molecular formula is C24H20N4O2S. The highest BCUT2D eigenvalue weighted by Crippen LogP contribution is 2.24. The maximum absolute atomic E-state index is 12.2. The van der Waals surface area contributed by atoms with E-state index in [1.807, 2.05) is 60.7 Å². The molecule has 0 bridgehead atoms. The summed E-state index contributed by atoms with van der Waals surface area (Å²) < 4.78 is 9.08. The van der Waals surface area contributed by atoms with Gasteiger partial charge in [0.25, 0.3) is 0 Å². The van der Waals surface area contributed by atoms with Crippen LogP contribution in [0.5, 0.6) is 0 Å². The van der Waals surface area contributed by atoms with E-state index in [0.717, 1.165) is 22.2 Å². The van der Waals surface area contributed by atoms with Gasteiger partial charge in [0.05, 0.1) is 5.52 Å². The van der Waals surface area contributed by atoms with E-state index in [9.17, 15) is 4.79 Å². The first-order valence-corrected chi connectivity index (χ1v) is 11.0. The number of hydrogen-bond acceptors (Lipinski definition) is 5. The van der Waals surface area contributed by atoms with Crippen LogP contribution >= 0.6 is 11.8 Å². The molecule has 0 aliphatic heterocycles. The molecule has 0 spiro atoms. The highest BCUT2D eigenvalue weighted by molar-refractivity contribution is 7.99. The number of benzene rings is 3. The zero-order chi connectivity index (χ0) is 21.0. The molecule has 0 unspecified atom stereocenters. The number of nitrogens with zero attached hydrogens (tertiary/aromatic N) is 4. The van der Waals surface area contributed by atoms with Crippen LogP contribution in [0.3, 0.4) is 0 Å². The van der Waals surface area contributed by atoms with Gasteiger partial charge in [0.2, 0.25) is 0 Å². The van der Waals surface area contributed by atoms with E-state index in [4.69, 9.17) is 4.42 Å². The van der Waals surface area contributed by atoms with Crippen LogP contribution in [0.2, 0.25) is 0 Å². The third-order valence-corrected chi connectivity index (χ3v) is 5.95. The smallest absolute Gasteiger partial charge is 0.408 e. The molecule has 2 aromatic heterocycles. The van der Waals surface area contributed by atoms with Crippen molar-refractivity contribution in [1.82, 2.24) is 19.3 Å². The summed E-state index contributed by atoms with van der Waals surface area (Å²) in [6, 6.07) is 27.8. The minimum atomic E-state index is -0.337. The lowest BCUT2D eigenvalue weighted by Gasteiger charge is -2.10. The molecule has 0 atom stereocenters. The molecule has 0 saturated heterocycles. The monoisotopic (exact) mass is 428 g/mol. The van der Waals surface area contributed by atoms with Crippen molar-refractivity contribution < 1.29 is 4.42 Å². The van der Waals surface area contributed by atoms with Crippen molar-refractivity contribution in [3.8, 4) is 5.69 Å². The Morgan fingerprint density at radius 2 is 1.55 bits per heavy atom. The van der Waals surface area contributed by atoms with Gasteiger partial charge in [-0.1, -0.05) is 72.4 Å². The molecule has 0 radical (unpaired) electrons. The zero-order valence-electron chi connectivity index (χ0n) is 16.7. The van der Waals surface area contributed by atoms with Crippen LogP contribution in [0.1, 0.15) is 11.4 Å². The van der Waals surface area contributed by atoms with Gasteiger partial charge in [-0.25, -0.2) is 4.79 Å². The summed E-state index contributed by atoms with van der Waals surface area (Å²) in [5, 5.41) is 9.74. The highest BCUT2D eigenvalue weighted by Gasteiger charge is 2.16. The van der Waals surface area contributed by atoms with E-state index < -0.39 is 0 Å². The Morgan fingerprint density at radius 3 is 2.35 bits per heavy atom. The van der Waals surface area contributed by atoms with Crippen LogP contribution in [0, 0.1) is 0 Å². The number of rotatable bonds is 7. The van der Waals surface area contributed by atoms with Crippen LogP contribution in [-0.2, 0) is 13.0 Å². The van der Waals surface area contributed by atoms with Gasteiger partial charge in [0, 0.05) is 24.4 Å². The predicted octanol–water partition coefficient (Wildman–Crippen LogP) is 4.56. The zero-order valence-corrected chi connectivity index (χ0v) is 17.5. The van der Waals surface area contributed by atoms with Crippen molar-refractivity contribution in [3.05, 3.63) is 107 Å². The largest absolute Gasteiger partial charge is 0.419 e. The first-order valence-electron chi connectivity index (χ1n) is 10.0. The van der Waals surface area contributed by atoms with Crippen molar-refractivity contribution in [3.63, 3.8) is 0 Å². The normalized spacial score (nSPS) is 11.2. The molecule has 31 heavy (non-hydrogen) atoms. The van der Waals surface area contributed by atoms with Crippen molar-refractivity contribution >= 4 is 22.9 Å². The molecule has 2 heterocycles. The maximum atomic E-state index is 12.2. The second kappa shape index (κ2) is 8.65. The minimum Gasteiger partial charge on any atom is -0.408 e. The Hall–Kier alpha value is -3.58. The van der Waals surface area contributed by atoms with Gasteiger partial charge < -0.3 is 4.42 Å². The predicted molar refractivity (Wildman–Crippen MR) is 122 cm³/mol. The van der Waals surface area contributed by atoms with Crippen LogP contribution in [0.25, 0.3) is 16.8 Å². The fraction of sp³-hybridized carbons (Fsp3) is 0.125. The quantitative estimate of drug-likeness (QED) is 0.356. The number of para-hydroxylation sites is 3. The Kier molecular flexibility index (Phi) is 5.41. The van der Waals surface area contributed by atoms with Crippen LogP contribution in [0.4, 0.5) is 0 Å². The van der Waals surface area contributed by atoms with Crippen molar-refractivity contribution in [2.24, 2.45) is 0 Å². The number of thioether (sulfide) groups is 1. The lowest BCUT2D eigenvalue weighted by molar-refractivity contribution is 0.514. The van der Waals surface area contributed by atoms with Gasteiger partial charge >= 0.3 is 5.76 Å². The molecule has 0 aliphatic rings. The molecule has 0 saturated carbocycles. The molecule has 5 rings (SSSR count). The van der Waals surface area contributed by atoms with Gasteiger partial charge in [0.1, 0.15) is 5.82 Å². The van der Waals surface area contributed by atoms with E-state index >= 15 is 0 Å². The second-order valence-electron chi connectivity index (χ2n) is 7.07. The molecule has 0 N–H and O–H groups in total. The summed E-state index contributed by atoms with van der Waals surface area (Å²) >= 11 is 1.58. The van der Waals surface area contributed by atoms with E-state index in [0.29, 0.717) is 24.3 Å². The molecule has 0 aliphatic carbocycles. The molecule has 3 aromatic carbocycles. The summed E-state index contributed by atoms with van der Waals surface area (Å²) in [7, 11) is 0. The van der Waals surface area contributed by atoms with Crippen molar-refractivity contribution in [1.29, 1.82) is 0 Å². The van der Waals surface area contributed by atoms with E-state index in [-0.39, 0.29) is 5.76 Å². The first-order chi connectivity index (χ1) is 15.3. The Balaban J connectivity index is 1.41. The lowest BCUT2D eigenvalue weighted by atomic mass is 10.1. The Morgan fingerprint density at radius 1 is 0.839 bits per heavy atom. The lowest BCUT2D eigenvalue weighted by Crippen LogP contribution is -2.15. The first kappa shape index (κ1) is 19.4. The summed E-state index contributed by atoms with van der Waals surface area (Å²) in [5.41, 5.74) is 3.62. The second-order valence-corrected chi connectivity index (χ2v) is 8.13. The number of aryl methyl sites for hydroxylation is 1. The fourth-order valence-electron chi connectivity index (χ4n) is 3.58. The van der Waals surface area contributed by atoms with E-state index in [1.54, 1.807) is 16.3 Å². The molecule has 154 valence electrons. The van der Waals surface area contributed by atoms with Crippen LogP contribution in [-0.4, -0.2) is 25.1 Å².